The van der Waals surface area contributed by atoms with Crippen molar-refractivity contribution in [3.8, 4) is 0 Å². The summed E-state index contributed by atoms with van der Waals surface area (Å²) in [7, 11) is 1.44. The molecule has 19 heavy (non-hydrogen) atoms. The molecule has 2 unspecified atom stereocenters. The summed E-state index contributed by atoms with van der Waals surface area (Å²) >= 11 is 0. The van der Waals surface area contributed by atoms with Gasteiger partial charge < -0.3 is 10.5 Å². The molecule has 2 N–H and O–H groups in total. The Kier molecular flexibility index (Phi) is 4.56. The molecule has 0 bridgehead atoms. The molecule has 104 valence electrons. The molecule has 0 spiro atoms. The standard InChI is InChI=1S/C15H22N2O2/c1-11-5-3-4-6-12(11)8-17-9-13(15(18)19-2)7-14(16)10-17/h3-6,13-14H,7-10,16H2,1-2H3. The SMILES string of the molecule is COC(=O)C1CC(N)CN(Cc2ccccc2C)C1. The van der Waals surface area contributed by atoms with Gasteiger partial charge in [-0.05, 0) is 24.5 Å². The summed E-state index contributed by atoms with van der Waals surface area (Å²) in [6.07, 6.45) is 0.719. The third-order valence-electron chi connectivity index (χ3n) is 3.75. The van der Waals surface area contributed by atoms with Gasteiger partial charge >= 0.3 is 5.97 Å². The Morgan fingerprint density at radius 1 is 1.42 bits per heavy atom. The van der Waals surface area contributed by atoms with Crippen LogP contribution in [0.25, 0.3) is 0 Å². The molecular weight excluding hydrogens is 240 g/mol. The number of aryl methyl sites for hydroxylation is 1. The fourth-order valence-corrected chi connectivity index (χ4v) is 2.73. The van der Waals surface area contributed by atoms with E-state index in [4.69, 9.17) is 10.5 Å². The third kappa shape index (κ3) is 3.55. The van der Waals surface area contributed by atoms with Crippen LogP contribution in [0.1, 0.15) is 17.5 Å². The summed E-state index contributed by atoms with van der Waals surface area (Å²) in [5, 5.41) is 0. The minimum Gasteiger partial charge on any atom is -0.469 e. The molecular formula is C15H22N2O2. The molecule has 1 aromatic carbocycles. The number of nitrogens with two attached hydrogens (primary N) is 1. The van der Waals surface area contributed by atoms with Gasteiger partial charge in [-0.15, -0.1) is 0 Å². The normalized spacial score (nSPS) is 24.2. The van der Waals surface area contributed by atoms with Gasteiger partial charge in [-0.3, -0.25) is 9.69 Å². The van der Waals surface area contributed by atoms with E-state index < -0.39 is 0 Å². The van der Waals surface area contributed by atoms with Crippen molar-refractivity contribution < 1.29 is 9.53 Å². The van der Waals surface area contributed by atoms with Crippen LogP contribution in [-0.2, 0) is 16.1 Å². The monoisotopic (exact) mass is 262 g/mol. The Hall–Kier alpha value is -1.39. The number of rotatable bonds is 3. The van der Waals surface area contributed by atoms with Gasteiger partial charge in [0.25, 0.3) is 0 Å². The molecule has 1 aliphatic rings. The van der Waals surface area contributed by atoms with E-state index >= 15 is 0 Å². The second-order valence-electron chi connectivity index (χ2n) is 5.34. The first-order chi connectivity index (χ1) is 9.10. The summed E-state index contributed by atoms with van der Waals surface area (Å²) in [6.45, 7) is 4.52. The van der Waals surface area contributed by atoms with E-state index in [1.807, 2.05) is 12.1 Å². The maximum absolute atomic E-state index is 11.7. The zero-order valence-corrected chi connectivity index (χ0v) is 11.6. The lowest BCUT2D eigenvalue weighted by atomic mass is 9.94. The molecule has 0 aliphatic carbocycles. The van der Waals surface area contributed by atoms with Gasteiger partial charge in [0.1, 0.15) is 0 Å². The Bertz CT molecular complexity index is 448. The maximum Gasteiger partial charge on any atom is 0.310 e. The second kappa shape index (κ2) is 6.17. The van der Waals surface area contributed by atoms with Crippen molar-refractivity contribution in [3.63, 3.8) is 0 Å². The summed E-state index contributed by atoms with van der Waals surface area (Å²) in [5.74, 6) is -0.247. The van der Waals surface area contributed by atoms with Crippen molar-refractivity contribution in [2.75, 3.05) is 20.2 Å². The minimum atomic E-state index is -0.148. The molecule has 1 heterocycles. The fraction of sp³-hybridized carbons (Fsp3) is 0.533. The quantitative estimate of drug-likeness (QED) is 0.835. The number of hydrogen-bond donors (Lipinski definition) is 1. The largest absolute Gasteiger partial charge is 0.469 e. The third-order valence-corrected chi connectivity index (χ3v) is 3.75. The lowest BCUT2D eigenvalue weighted by molar-refractivity contribution is -0.147. The van der Waals surface area contributed by atoms with Crippen molar-refractivity contribution in [3.05, 3.63) is 35.4 Å². The molecule has 2 atom stereocenters. The first kappa shape index (κ1) is 14.0. The summed E-state index contributed by atoms with van der Waals surface area (Å²) < 4.78 is 4.84. The number of carbonyl (C=O) groups is 1. The number of likely N-dealkylation sites (tertiary alicyclic amines) is 1. The van der Waals surface area contributed by atoms with Crippen molar-refractivity contribution in [1.82, 2.24) is 4.90 Å². The number of nitrogens with zero attached hydrogens (tertiary/aromatic N) is 1. The minimum absolute atomic E-state index is 0.0434. The predicted octanol–water partition coefficient (Wildman–Crippen LogP) is 1.32. The van der Waals surface area contributed by atoms with Crippen LogP contribution in [0, 0.1) is 12.8 Å². The van der Waals surface area contributed by atoms with E-state index in [9.17, 15) is 4.79 Å². The summed E-state index contributed by atoms with van der Waals surface area (Å²) in [5.41, 5.74) is 8.62. The van der Waals surface area contributed by atoms with Gasteiger partial charge in [0.2, 0.25) is 0 Å². The zero-order chi connectivity index (χ0) is 13.8. The Morgan fingerprint density at radius 3 is 2.84 bits per heavy atom. The molecule has 0 amide bonds. The molecule has 1 fully saturated rings. The highest BCUT2D eigenvalue weighted by molar-refractivity contribution is 5.72. The van der Waals surface area contributed by atoms with Crippen LogP contribution in [0.3, 0.4) is 0 Å². The van der Waals surface area contributed by atoms with Crippen molar-refractivity contribution >= 4 is 5.97 Å². The average Bonchev–Trinajstić information content (AvgIpc) is 2.40. The first-order valence-corrected chi connectivity index (χ1v) is 6.70. The molecule has 0 saturated carbocycles. The predicted molar refractivity (Wildman–Crippen MR) is 74.6 cm³/mol. The van der Waals surface area contributed by atoms with Gasteiger partial charge in [-0.2, -0.15) is 0 Å². The van der Waals surface area contributed by atoms with E-state index in [0.29, 0.717) is 0 Å². The van der Waals surface area contributed by atoms with E-state index in [0.717, 1.165) is 26.1 Å². The van der Waals surface area contributed by atoms with Gasteiger partial charge in [-0.25, -0.2) is 0 Å². The Morgan fingerprint density at radius 2 is 2.16 bits per heavy atom. The number of esters is 1. The fourth-order valence-electron chi connectivity index (χ4n) is 2.73. The average molecular weight is 262 g/mol. The van der Waals surface area contributed by atoms with Crippen molar-refractivity contribution in [2.45, 2.75) is 25.9 Å². The second-order valence-corrected chi connectivity index (χ2v) is 5.34. The lowest BCUT2D eigenvalue weighted by Crippen LogP contribution is -2.48. The van der Waals surface area contributed by atoms with E-state index in [2.05, 4.69) is 24.0 Å². The van der Waals surface area contributed by atoms with Crippen LogP contribution in [0.4, 0.5) is 0 Å². The first-order valence-electron chi connectivity index (χ1n) is 6.70. The number of piperidine rings is 1. The number of methoxy groups -OCH3 is 1. The van der Waals surface area contributed by atoms with Gasteiger partial charge in [0.05, 0.1) is 13.0 Å². The van der Waals surface area contributed by atoms with Crippen LogP contribution in [-0.4, -0.2) is 37.1 Å². The van der Waals surface area contributed by atoms with E-state index in [-0.39, 0.29) is 17.9 Å². The molecule has 4 nitrogen and oxygen atoms in total. The number of hydrogen-bond acceptors (Lipinski definition) is 4. The Balaban J connectivity index is 2.04. The van der Waals surface area contributed by atoms with Crippen LogP contribution in [0.5, 0.6) is 0 Å². The van der Waals surface area contributed by atoms with Crippen LogP contribution in [0.15, 0.2) is 24.3 Å². The van der Waals surface area contributed by atoms with Crippen LogP contribution in [0.2, 0.25) is 0 Å². The highest BCUT2D eigenvalue weighted by Crippen LogP contribution is 2.20. The lowest BCUT2D eigenvalue weighted by Gasteiger charge is -2.35. The van der Waals surface area contributed by atoms with Gasteiger partial charge in [0.15, 0.2) is 0 Å². The van der Waals surface area contributed by atoms with E-state index in [1.54, 1.807) is 0 Å². The number of benzene rings is 1. The highest BCUT2D eigenvalue weighted by atomic mass is 16.5. The molecule has 0 radical (unpaired) electrons. The Labute approximate surface area is 114 Å². The molecule has 1 aromatic rings. The van der Waals surface area contributed by atoms with Crippen LogP contribution >= 0.6 is 0 Å². The number of carbonyl (C=O) groups excluding carboxylic acids is 1. The number of ether oxygens (including phenoxy) is 1. The molecule has 1 aliphatic heterocycles. The van der Waals surface area contributed by atoms with Gasteiger partial charge in [-0.1, -0.05) is 24.3 Å². The smallest absolute Gasteiger partial charge is 0.310 e. The molecule has 4 heteroatoms. The van der Waals surface area contributed by atoms with E-state index in [1.165, 1.54) is 18.2 Å². The van der Waals surface area contributed by atoms with Crippen molar-refractivity contribution in [1.29, 1.82) is 0 Å². The van der Waals surface area contributed by atoms with Crippen molar-refractivity contribution in [2.24, 2.45) is 11.7 Å². The highest BCUT2D eigenvalue weighted by Gasteiger charge is 2.30. The summed E-state index contributed by atoms with van der Waals surface area (Å²) in [4.78, 5) is 13.9. The molecule has 1 saturated heterocycles. The maximum atomic E-state index is 11.7. The summed E-state index contributed by atoms with van der Waals surface area (Å²) in [6, 6.07) is 8.36. The topological polar surface area (TPSA) is 55.6 Å². The zero-order valence-electron chi connectivity index (χ0n) is 11.6. The molecule has 2 rings (SSSR count). The molecule has 0 aromatic heterocycles. The van der Waals surface area contributed by atoms with Gasteiger partial charge in [0, 0.05) is 25.7 Å². The van der Waals surface area contributed by atoms with Crippen LogP contribution < -0.4 is 5.73 Å².